The quantitative estimate of drug-likeness (QED) is 0.851. The summed E-state index contributed by atoms with van der Waals surface area (Å²) in [6.07, 6.45) is 1.23. The topological polar surface area (TPSA) is 97.1 Å². The fraction of sp³-hybridized carbons (Fsp3) is 0.231. The molecule has 8 heteroatoms. The number of aromatic nitrogens is 3. The fourth-order valence-electron chi connectivity index (χ4n) is 1.71. The predicted molar refractivity (Wildman–Crippen MR) is 78.9 cm³/mol. The lowest BCUT2D eigenvalue weighted by molar-refractivity contribution is -0.136. The van der Waals surface area contributed by atoms with E-state index in [1.807, 2.05) is 19.1 Å². The Morgan fingerprint density at radius 1 is 1.43 bits per heavy atom. The van der Waals surface area contributed by atoms with E-state index in [9.17, 15) is 9.59 Å². The molecular formula is C13H13BrN4O3. The monoisotopic (exact) mass is 352 g/mol. The van der Waals surface area contributed by atoms with E-state index in [0.717, 1.165) is 10.0 Å². The maximum Gasteiger partial charge on any atom is 0.309 e. The predicted octanol–water partition coefficient (Wildman–Crippen LogP) is 1.61. The highest BCUT2D eigenvalue weighted by Crippen LogP contribution is 2.23. The number of anilines is 1. The van der Waals surface area contributed by atoms with Gasteiger partial charge >= 0.3 is 5.97 Å². The summed E-state index contributed by atoms with van der Waals surface area (Å²) in [6, 6.07) is 5.59. The van der Waals surface area contributed by atoms with E-state index in [1.165, 1.54) is 10.9 Å². The third-order valence-corrected chi connectivity index (χ3v) is 3.28. The highest BCUT2D eigenvalue weighted by molar-refractivity contribution is 9.10. The number of carbonyl (C=O) groups is 2. The highest BCUT2D eigenvalue weighted by atomic mass is 79.9. The van der Waals surface area contributed by atoms with Gasteiger partial charge in [-0.2, -0.15) is 0 Å². The molecule has 0 bridgehead atoms. The number of amides is 1. The van der Waals surface area contributed by atoms with Crippen LogP contribution >= 0.6 is 15.9 Å². The zero-order chi connectivity index (χ0) is 15.4. The molecule has 2 N–H and O–H groups in total. The molecule has 1 amide bonds. The van der Waals surface area contributed by atoms with Gasteiger partial charge in [0, 0.05) is 10.7 Å². The summed E-state index contributed by atoms with van der Waals surface area (Å²) in [6.45, 7) is 1.92. The molecule has 0 fully saturated rings. The van der Waals surface area contributed by atoms with Crippen LogP contribution < -0.4 is 5.32 Å². The Kier molecular flexibility index (Phi) is 4.69. The molecular weight excluding hydrogens is 340 g/mol. The minimum Gasteiger partial charge on any atom is -0.481 e. The number of benzene rings is 1. The second kappa shape index (κ2) is 6.49. The minimum atomic E-state index is -0.991. The molecule has 0 radical (unpaired) electrons. The fourth-order valence-corrected chi connectivity index (χ4v) is 2.30. The van der Waals surface area contributed by atoms with Crippen LogP contribution in [-0.2, 0) is 22.6 Å². The third-order valence-electron chi connectivity index (χ3n) is 2.62. The number of aliphatic carboxylic acids is 1. The molecule has 2 rings (SSSR count). The number of nitrogens with zero attached hydrogens (tertiary/aromatic N) is 3. The number of rotatable bonds is 5. The number of aryl methyl sites for hydroxylation is 1. The molecule has 0 atom stereocenters. The number of carboxylic acids is 1. The van der Waals surface area contributed by atoms with Crippen LogP contribution in [0.4, 0.5) is 5.69 Å². The van der Waals surface area contributed by atoms with Crippen molar-refractivity contribution in [1.29, 1.82) is 0 Å². The molecule has 1 aromatic heterocycles. The lowest BCUT2D eigenvalue weighted by atomic mass is 10.2. The van der Waals surface area contributed by atoms with Gasteiger partial charge in [-0.3, -0.25) is 9.59 Å². The Balaban J connectivity index is 1.98. The van der Waals surface area contributed by atoms with Gasteiger partial charge in [-0.05, 0) is 40.5 Å². The van der Waals surface area contributed by atoms with Crippen LogP contribution in [0.5, 0.6) is 0 Å². The lowest BCUT2D eigenvalue weighted by Gasteiger charge is -2.07. The SMILES string of the molecule is Cc1ccc(NC(=O)Cn2cc(CC(=O)O)nn2)c(Br)c1. The van der Waals surface area contributed by atoms with Gasteiger partial charge in [-0.25, -0.2) is 4.68 Å². The minimum absolute atomic E-state index is 0.0348. The van der Waals surface area contributed by atoms with Crippen LogP contribution in [0.25, 0.3) is 0 Å². The number of carbonyl (C=O) groups excluding carboxylic acids is 1. The molecule has 110 valence electrons. The van der Waals surface area contributed by atoms with Crippen LogP contribution in [0.3, 0.4) is 0 Å². The Morgan fingerprint density at radius 2 is 2.19 bits per heavy atom. The van der Waals surface area contributed by atoms with Crippen molar-refractivity contribution in [1.82, 2.24) is 15.0 Å². The molecule has 0 spiro atoms. The summed E-state index contributed by atoms with van der Waals surface area (Å²) in [4.78, 5) is 22.5. The van der Waals surface area contributed by atoms with Gasteiger partial charge in [-0.15, -0.1) is 5.10 Å². The molecule has 1 aromatic carbocycles. The van der Waals surface area contributed by atoms with Gasteiger partial charge in [0.05, 0.1) is 17.8 Å². The lowest BCUT2D eigenvalue weighted by Crippen LogP contribution is -2.19. The van der Waals surface area contributed by atoms with Gasteiger partial charge in [0.25, 0.3) is 0 Å². The number of halogens is 1. The summed E-state index contributed by atoms with van der Waals surface area (Å²) >= 11 is 3.38. The summed E-state index contributed by atoms with van der Waals surface area (Å²) in [7, 11) is 0. The second-order valence-corrected chi connectivity index (χ2v) is 5.36. The number of nitrogens with one attached hydrogen (secondary N) is 1. The number of hydrogen-bond acceptors (Lipinski definition) is 4. The normalized spacial score (nSPS) is 10.4. The van der Waals surface area contributed by atoms with Crippen molar-refractivity contribution in [2.75, 3.05) is 5.32 Å². The van der Waals surface area contributed by atoms with E-state index in [2.05, 4.69) is 31.6 Å². The smallest absolute Gasteiger partial charge is 0.309 e. The van der Waals surface area contributed by atoms with Crippen LogP contribution in [0.2, 0.25) is 0 Å². The summed E-state index contributed by atoms with van der Waals surface area (Å²) in [5.41, 5.74) is 2.05. The van der Waals surface area contributed by atoms with Crippen molar-refractivity contribution in [2.45, 2.75) is 19.9 Å². The van der Waals surface area contributed by atoms with Gasteiger partial charge in [-0.1, -0.05) is 11.3 Å². The molecule has 0 unspecified atom stereocenters. The van der Waals surface area contributed by atoms with Crippen molar-refractivity contribution in [3.8, 4) is 0 Å². The summed E-state index contributed by atoms with van der Waals surface area (Å²) in [5.74, 6) is -1.26. The Morgan fingerprint density at radius 3 is 2.86 bits per heavy atom. The summed E-state index contributed by atoms with van der Waals surface area (Å²) < 4.78 is 2.09. The second-order valence-electron chi connectivity index (χ2n) is 4.51. The van der Waals surface area contributed by atoms with Crippen molar-refractivity contribution < 1.29 is 14.7 Å². The molecule has 0 aliphatic heterocycles. The number of carboxylic acid groups (broad SMARTS) is 1. The average molecular weight is 353 g/mol. The third kappa shape index (κ3) is 4.38. The van der Waals surface area contributed by atoms with Crippen molar-refractivity contribution in [3.05, 3.63) is 40.1 Å². The van der Waals surface area contributed by atoms with Crippen LogP contribution in [0.15, 0.2) is 28.9 Å². The molecule has 7 nitrogen and oxygen atoms in total. The first-order valence-corrected chi connectivity index (χ1v) is 6.90. The first-order valence-electron chi connectivity index (χ1n) is 6.11. The van der Waals surface area contributed by atoms with Gasteiger partial charge in [0.15, 0.2) is 0 Å². The molecule has 0 aliphatic rings. The zero-order valence-corrected chi connectivity index (χ0v) is 12.8. The van der Waals surface area contributed by atoms with Crippen molar-refractivity contribution in [3.63, 3.8) is 0 Å². The average Bonchev–Trinajstić information content (AvgIpc) is 2.79. The Labute approximate surface area is 129 Å². The standard InChI is InChI=1S/C13H13BrN4O3/c1-8-2-3-11(10(14)4-8)15-12(19)7-18-6-9(16-17-18)5-13(20)21/h2-4,6H,5,7H2,1H3,(H,15,19)(H,20,21). The van der Waals surface area contributed by atoms with E-state index < -0.39 is 5.97 Å². The van der Waals surface area contributed by atoms with E-state index in [1.54, 1.807) is 6.07 Å². The van der Waals surface area contributed by atoms with Gasteiger partial charge < -0.3 is 10.4 Å². The molecule has 0 saturated heterocycles. The molecule has 0 aliphatic carbocycles. The van der Waals surface area contributed by atoms with Crippen LogP contribution in [-0.4, -0.2) is 32.0 Å². The Bertz CT molecular complexity index is 684. The van der Waals surface area contributed by atoms with Crippen LogP contribution in [0, 0.1) is 6.92 Å². The van der Waals surface area contributed by atoms with Gasteiger partial charge in [0.2, 0.25) is 5.91 Å². The number of hydrogen-bond donors (Lipinski definition) is 2. The van der Waals surface area contributed by atoms with E-state index >= 15 is 0 Å². The van der Waals surface area contributed by atoms with E-state index in [4.69, 9.17) is 5.11 Å². The maximum absolute atomic E-state index is 11.9. The molecule has 2 aromatic rings. The molecule has 1 heterocycles. The molecule has 21 heavy (non-hydrogen) atoms. The first-order chi connectivity index (χ1) is 9.94. The van der Waals surface area contributed by atoms with E-state index in [0.29, 0.717) is 11.4 Å². The van der Waals surface area contributed by atoms with Gasteiger partial charge in [0.1, 0.15) is 6.54 Å². The highest BCUT2D eigenvalue weighted by Gasteiger charge is 2.10. The maximum atomic E-state index is 11.9. The van der Waals surface area contributed by atoms with Crippen molar-refractivity contribution in [2.24, 2.45) is 0 Å². The largest absolute Gasteiger partial charge is 0.481 e. The summed E-state index contributed by atoms with van der Waals surface area (Å²) in [5, 5.41) is 18.8. The zero-order valence-electron chi connectivity index (χ0n) is 11.2. The Hall–Kier alpha value is -2.22. The molecule has 0 saturated carbocycles. The van der Waals surface area contributed by atoms with Crippen molar-refractivity contribution >= 4 is 33.5 Å². The first kappa shape index (κ1) is 15.2. The van der Waals surface area contributed by atoms with E-state index in [-0.39, 0.29) is 18.9 Å². The van der Waals surface area contributed by atoms with Crippen LogP contribution in [0.1, 0.15) is 11.3 Å².